The molecule has 0 aromatic rings. The monoisotopic (exact) mass is 1340 g/mol. The van der Waals surface area contributed by atoms with Gasteiger partial charge in [0.15, 0.2) is 11.9 Å². The number of carboxylic acid groups (broad SMARTS) is 3. The predicted octanol–water partition coefficient (Wildman–Crippen LogP) is -6.10. The first kappa shape index (κ1) is 79.7. The van der Waals surface area contributed by atoms with Gasteiger partial charge in [0.1, 0.15) is 60.4 Å². The van der Waals surface area contributed by atoms with Crippen LogP contribution >= 0.6 is 0 Å². The third-order valence-electron chi connectivity index (χ3n) is 16.2. The second-order valence-electron chi connectivity index (χ2n) is 24.1. The number of aliphatic imine (C=N–C) groups is 2. The Morgan fingerprint density at radius 2 is 0.819 bits per heavy atom. The number of hydrogen-bond acceptors (Lipinski definition) is 19. The van der Waals surface area contributed by atoms with Gasteiger partial charge in [-0.15, -0.1) is 0 Å². The number of nitrogens with one attached hydrogen (secondary N) is 7. The molecule has 530 valence electrons. The molecule has 0 radical (unpaired) electrons. The van der Waals surface area contributed by atoms with E-state index < -0.39 is 169 Å². The highest BCUT2D eigenvalue weighted by Crippen LogP contribution is 2.27. The van der Waals surface area contributed by atoms with E-state index in [1.807, 2.05) is 13.8 Å². The molecule has 0 aliphatic carbocycles. The lowest BCUT2D eigenvalue weighted by Crippen LogP contribution is -2.60. The highest BCUT2D eigenvalue weighted by Gasteiger charge is 2.46. The lowest BCUT2D eigenvalue weighted by molar-refractivity contribution is -0.149. The first-order valence-electron chi connectivity index (χ1n) is 32.1. The van der Waals surface area contributed by atoms with Crippen LogP contribution in [-0.2, 0) is 62.3 Å². The van der Waals surface area contributed by atoms with Crippen LogP contribution in [0.3, 0.4) is 0 Å². The zero-order chi connectivity index (χ0) is 70.2. The fourth-order valence-electron chi connectivity index (χ4n) is 11.3. The number of amides is 10. The average Bonchev–Trinajstić information content (AvgIpc) is 1.62. The summed E-state index contributed by atoms with van der Waals surface area (Å²) in [5.74, 6) is -12.7. The Hall–Kier alpha value is -8.51. The molecule has 25 N–H and O–H groups in total. The number of carbonyl (C=O) groups is 13. The van der Waals surface area contributed by atoms with E-state index in [1.54, 1.807) is 0 Å². The smallest absolute Gasteiger partial charge is 0.326 e. The van der Waals surface area contributed by atoms with Crippen LogP contribution in [0.15, 0.2) is 9.98 Å². The summed E-state index contributed by atoms with van der Waals surface area (Å²) in [4.78, 5) is 188. The number of carboxylic acids is 3. The van der Waals surface area contributed by atoms with Crippen LogP contribution in [-0.4, -0.2) is 243 Å². The molecule has 0 spiro atoms. The summed E-state index contributed by atoms with van der Waals surface area (Å²) >= 11 is 0. The minimum atomic E-state index is -1.75. The van der Waals surface area contributed by atoms with Crippen LogP contribution in [0.1, 0.15) is 149 Å². The highest BCUT2D eigenvalue weighted by atomic mass is 16.4. The van der Waals surface area contributed by atoms with Gasteiger partial charge in [0, 0.05) is 45.6 Å². The van der Waals surface area contributed by atoms with Gasteiger partial charge in [-0.1, -0.05) is 13.8 Å². The van der Waals surface area contributed by atoms with Gasteiger partial charge in [-0.2, -0.15) is 0 Å². The molecule has 36 nitrogen and oxygen atoms in total. The van der Waals surface area contributed by atoms with E-state index in [1.165, 1.54) is 9.80 Å². The Labute approximate surface area is 545 Å². The van der Waals surface area contributed by atoms with Gasteiger partial charge in [0.05, 0.1) is 12.6 Å². The Morgan fingerprint density at radius 3 is 1.26 bits per heavy atom. The molecule has 3 fully saturated rings. The summed E-state index contributed by atoms with van der Waals surface area (Å²) in [5, 5.41) is 57.3. The van der Waals surface area contributed by atoms with Gasteiger partial charge in [-0.3, -0.25) is 67.5 Å². The summed E-state index contributed by atoms with van der Waals surface area (Å²) in [7, 11) is 0. The molecule has 10 amide bonds. The normalized spacial score (nSPS) is 18.6. The number of guanidine groups is 2. The molecular formula is C58H101N19O17. The molecule has 11 atom stereocenters. The van der Waals surface area contributed by atoms with Crippen LogP contribution in [0, 0.1) is 5.92 Å². The standard InChI is InChI=1S/C58H101N19O17/c1-32(2)30-33(61)46(83)71-37(19-21-44(79)80)54(91)77-29-11-18-43(77)55(92)76-28-10-17-42(76)52(89)72-38(20-22-45(81)82)53(90)75-27-9-16-41(75)51(88)70-35(13-4-6-24-60)47(84)68-34(12-3-5-23-59)49(86)74-40(31-78)50(87)69-36(14-7-25-66-57(62)63)48(85)73-39(56(93)94)15-8-26-67-58(64)65/h32-43,78H,3-31,59-61H2,1-2H3,(H,68,84)(H,69,87)(H,70,88)(H,71,83)(H,72,89)(H,73,85)(H,74,86)(H,79,80)(H,81,82)(H,93,94)(H4,62,63,66)(H4,64,65,67)/t33-,34-,35-,36-,37-,38-,39-,40-,41-,42-,43-/m0/s1. The van der Waals surface area contributed by atoms with Crippen LogP contribution in [0.5, 0.6) is 0 Å². The van der Waals surface area contributed by atoms with Gasteiger partial charge in [0.25, 0.3) is 0 Å². The molecule has 0 aromatic carbocycles. The Bertz CT molecular complexity index is 2660. The van der Waals surface area contributed by atoms with E-state index in [2.05, 4.69) is 47.2 Å². The summed E-state index contributed by atoms with van der Waals surface area (Å²) in [6.45, 7) is 3.22. The minimum Gasteiger partial charge on any atom is -0.481 e. The van der Waals surface area contributed by atoms with E-state index in [4.69, 9.17) is 40.1 Å². The zero-order valence-electron chi connectivity index (χ0n) is 53.8. The van der Waals surface area contributed by atoms with E-state index in [0.29, 0.717) is 25.7 Å². The van der Waals surface area contributed by atoms with Gasteiger partial charge < -0.3 is 112 Å². The molecule has 3 heterocycles. The van der Waals surface area contributed by atoms with Crippen molar-refractivity contribution in [1.82, 2.24) is 51.9 Å². The van der Waals surface area contributed by atoms with Crippen molar-refractivity contribution in [1.29, 1.82) is 0 Å². The Kier molecular flexibility index (Phi) is 35.0. The molecule has 94 heavy (non-hydrogen) atoms. The number of unbranched alkanes of at least 4 members (excludes halogenated alkanes) is 2. The Balaban J connectivity index is 1.84. The highest BCUT2D eigenvalue weighted by molar-refractivity contribution is 5.99. The number of carbonyl (C=O) groups excluding carboxylic acids is 10. The quantitative estimate of drug-likeness (QED) is 0.0153. The molecular weight excluding hydrogens is 1230 g/mol. The molecule has 3 aliphatic heterocycles. The van der Waals surface area contributed by atoms with Crippen molar-refractivity contribution in [3.63, 3.8) is 0 Å². The van der Waals surface area contributed by atoms with Crippen LogP contribution in [0.25, 0.3) is 0 Å². The van der Waals surface area contributed by atoms with E-state index in [9.17, 15) is 82.8 Å². The number of hydrogen-bond donors (Lipinski definition) is 18. The number of rotatable bonds is 43. The number of aliphatic hydroxyl groups excluding tert-OH is 1. The SMILES string of the molecule is CC(C)C[C@H](N)C(=O)N[C@@H](CCC(=O)O)C(=O)N1CCC[C@H]1C(=O)N1CCC[C@H]1C(=O)N[C@@H](CCC(=O)O)C(=O)N1CCC[C@H]1C(=O)N[C@@H](CCCCN)C(=O)N[C@@H](CCCCN)C(=O)N[C@@H](CO)C(=O)N[C@@H](CCCN=C(N)N)C(=O)N[C@@H](CCCN=C(N)N)C(=O)O. The second-order valence-corrected chi connectivity index (χ2v) is 24.1. The summed E-state index contributed by atoms with van der Waals surface area (Å²) in [6.07, 6.45) is 0.944. The Morgan fingerprint density at radius 1 is 0.457 bits per heavy atom. The second kappa shape index (κ2) is 41.2. The molecule has 36 heteroatoms. The molecule has 3 rings (SSSR count). The third kappa shape index (κ3) is 26.8. The summed E-state index contributed by atoms with van der Waals surface area (Å²) in [6, 6.07) is -14.9. The molecule has 3 saturated heterocycles. The van der Waals surface area contributed by atoms with Crippen molar-refractivity contribution in [2.75, 3.05) is 52.4 Å². The number of aliphatic carboxylic acids is 3. The maximum Gasteiger partial charge on any atom is 0.326 e. The number of nitrogens with zero attached hydrogens (tertiary/aromatic N) is 5. The van der Waals surface area contributed by atoms with Crippen LogP contribution in [0.4, 0.5) is 0 Å². The molecule has 3 aliphatic rings. The lowest BCUT2D eigenvalue weighted by atomic mass is 10.0. The van der Waals surface area contributed by atoms with E-state index in [0.717, 1.165) is 4.90 Å². The molecule has 0 unspecified atom stereocenters. The van der Waals surface area contributed by atoms with E-state index in [-0.39, 0.29) is 154 Å². The first-order valence-corrected chi connectivity index (χ1v) is 32.1. The van der Waals surface area contributed by atoms with Crippen molar-refractivity contribution in [2.24, 2.45) is 56.0 Å². The van der Waals surface area contributed by atoms with Gasteiger partial charge in [0.2, 0.25) is 59.1 Å². The van der Waals surface area contributed by atoms with Gasteiger partial charge in [-0.05, 0) is 141 Å². The predicted molar refractivity (Wildman–Crippen MR) is 339 cm³/mol. The molecule has 0 bridgehead atoms. The minimum absolute atomic E-state index is 0.00287. The summed E-state index contributed by atoms with van der Waals surface area (Å²) < 4.78 is 0. The van der Waals surface area contributed by atoms with E-state index >= 15 is 0 Å². The largest absolute Gasteiger partial charge is 0.481 e. The summed E-state index contributed by atoms with van der Waals surface area (Å²) in [5.41, 5.74) is 39.2. The van der Waals surface area contributed by atoms with Crippen LogP contribution in [0.2, 0.25) is 0 Å². The maximum atomic E-state index is 14.6. The molecule has 0 aromatic heterocycles. The van der Waals surface area contributed by atoms with Crippen molar-refractivity contribution >= 4 is 88.9 Å². The third-order valence-corrected chi connectivity index (χ3v) is 16.2. The topological polar surface area (TPSA) is 604 Å². The average molecular weight is 1340 g/mol. The number of aliphatic hydroxyl groups is 1. The van der Waals surface area contributed by atoms with Gasteiger partial charge in [-0.25, -0.2) is 4.79 Å². The lowest BCUT2D eigenvalue weighted by Gasteiger charge is -2.34. The number of likely N-dealkylation sites (tertiary alicyclic amines) is 3. The van der Waals surface area contributed by atoms with Crippen molar-refractivity contribution in [2.45, 2.75) is 215 Å². The molecule has 0 saturated carbocycles. The fourth-order valence-corrected chi connectivity index (χ4v) is 11.3. The zero-order valence-corrected chi connectivity index (χ0v) is 53.8. The van der Waals surface area contributed by atoms with Crippen molar-refractivity contribution < 1.29 is 82.8 Å². The van der Waals surface area contributed by atoms with Gasteiger partial charge >= 0.3 is 17.9 Å². The number of nitrogens with two attached hydrogens (primary N) is 7. The van der Waals surface area contributed by atoms with Crippen molar-refractivity contribution in [3.8, 4) is 0 Å². The fraction of sp³-hybridized carbons (Fsp3) is 0.741. The first-order chi connectivity index (χ1) is 44.5. The maximum absolute atomic E-state index is 14.6. The van der Waals surface area contributed by atoms with Crippen LogP contribution < -0.4 is 77.4 Å². The van der Waals surface area contributed by atoms with Crippen molar-refractivity contribution in [3.05, 3.63) is 0 Å².